The van der Waals surface area contributed by atoms with E-state index in [-0.39, 0.29) is 6.10 Å². The molecule has 1 atom stereocenters. The van der Waals surface area contributed by atoms with Gasteiger partial charge in [0.2, 0.25) is 5.89 Å². The third-order valence-corrected chi connectivity index (χ3v) is 2.59. The van der Waals surface area contributed by atoms with E-state index in [2.05, 4.69) is 15.5 Å². The van der Waals surface area contributed by atoms with Gasteiger partial charge in [-0.25, -0.2) is 0 Å². The van der Waals surface area contributed by atoms with Crippen molar-refractivity contribution in [3.05, 3.63) is 11.7 Å². The molecule has 1 N–H and O–H groups in total. The van der Waals surface area contributed by atoms with Crippen LogP contribution in [0.4, 0.5) is 0 Å². The van der Waals surface area contributed by atoms with Crippen LogP contribution in [0.3, 0.4) is 0 Å². The summed E-state index contributed by atoms with van der Waals surface area (Å²) < 4.78 is 16.0. The van der Waals surface area contributed by atoms with Crippen LogP contribution in [-0.4, -0.2) is 49.2 Å². The van der Waals surface area contributed by atoms with E-state index >= 15 is 0 Å². The fourth-order valence-electron chi connectivity index (χ4n) is 1.73. The predicted molar refractivity (Wildman–Crippen MR) is 60.8 cm³/mol. The summed E-state index contributed by atoms with van der Waals surface area (Å²) in [7, 11) is 0. The fraction of sp³-hybridized carbons (Fsp3) is 0.818. The van der Waals surface area contributed by atoms with E-state index in [0.717, 1.165) is 19.7 Å². The lowest BCUT2D eigenvalue weighted by atomic mass is 10.2. The second kappa shape index (κ2) is 6.68. The quantitative estimate of drug-likeness (QED) is 0.716. The van der Waals surface area contributed by atoms with E-state index in [9.17, 15) is 0 Å². The van der Waals surface area contributed by atoms with Crippen LogP contribution in [0.15, 0.2) is 4.52 Å². The topological polar surface area (TPSA) is 69.4 Å². The molecule has 0 aromatic carbocycles. The number of hydrogen-bond donors (Lipinski definition) is 1. The summed E-state index contributed by atoms with van der Waals surface area (Å²) in [6, 6.07) is 0. The Kier molecular flexibility index (Phi) is 4.90. The van der Waals surface area contributed by atoms with Gasteiger partial charge >= 0.3 is 0 Å². The van der Waals surface area contributed by atoms with E-state index < -0.39 is 0 Å². The Morgan fingerprint density at radius 1 is 1.53 bits per heavy atom. The number of aromatic nitrogens is 2. The van der Waals surface area contributed by atoms with Gasteiger partial charge in [0.05, 0.1) is 25.7 Å². The van der Waals surface area contributed by atoms with Crippen LogP contribution in [-0.2, 0) is 22.3 Å². The van der Waals surface area contributed by atoms with Crippen molar-refractivity contribution in [3.63, 3.8) is 0 Å². The average Bonchev–Trinajstić information content (AvgIpc) is 2.79. The highest BCUT2D eigenvalue weighted by atomic mass is 16.5. The highest BCUT2D eigenvalue weighted by molar-refractivity contribution is 4.89. The van der Waals surface area contributed by atoms with E-state index in [4.69, 9.17) is 14.0 Å². The Morgan fingerprint density at radius 3 is 3.24 bits per heavy atom. The molecule has 6 nitrogen and oxygen atoms in total. The normalized spacial score (nSPS) is 20.6. The van der Waals surface area contributed by atoms with Crippen LogP contribution < -0.4 is 5.32 Å². The second-order valence-corrected chi connectivity index (χ2v) is 3.95. The molecule has 1 unspecified atom stereocenters. The number of hydrogen-bond acceptors (Lipinski definition) is 6. The molecule has 0 saturated carbocycles. The summed E-state index contributed by atoms with van der Waals surface area (Å²) >= 11 is 0. The van der Waals surface area contributed by atoms with Gasteiger partial charge in [0.1, 0.15) is 0 Å². The minimum absolute atomic E-state index is 0.143. The van der Waals surface area contributed by atoms with Crippen molar-refractivity contribution in [1.29, 1.82) is 0 Å². The molecule has 1 aromatic rings. The van der Waals surface area contributed by atoms with E-state index in [1.165, 1.54) is 0 Å². The second-order valence-electron chi connectivity index (χ2n) is 3.95. The predicted octanol–water partition coefficient (Wildman–Crippen LogP) is 0.180. The van der Waals surface area contributed by atoms with Gasteiger partial charge in [0.25, 0.3) is 0 Å². The Morgan fingerprint density at radius 2 is 2.47 bits per heavy atom. The molecule has 2 rings (SSSR count). The Bertz CT molecular complexity index is 324. The minimum atomic E-state index is 0.143. The SMILES string of the molecule is CCOCCc1noc(CC2CNCCO2)n1. The van der Waals surface area contributed by atoms with Gasteiger partial charge in [0.15, 0.2) is 5.82 Å². The Hall–Kier alpha value is -0.980. The smallest absolute Gasteiger partial charge is 0.229 e. The zero-order chi connectivity index (χ0) is 11.9. The summed E-state index contributed by atoms with van der Waals surface area (Å²) in [6.07, 6.45) is 1.51. The lowest BCUT2D eigenvalue weighted by Crippen LogP contribution is -2.39. The standard InChI is InChI=1S/C11H19N3O3/c1-2-15-5-3-10-13-11(17-14-10)7-9-8-12-4-6-16-9/h9,12H,2-8H2,1H3. The Labute approximate surface area is 101 Å². The van der Waals surface area contributed by atoms with Crippen LogP contribution in [0.25, 0.3) is 0 Å². The molecule has 17 heavy (non-hydrogen) atoms. The summed E-state index contributed by atoms with van der Waals surface area (Å²) in [5.74, 6) is 1.35. The molecule has 2 heterocycles. The number of nitrogens with zero attached hydrogens (tertiary/aromatic N) is 2. The molecule has 1 aliphatic heterocycles. The summed E-state index contributed by atoms with van der Waals surface area (Å²) in [5, 5.41) is 7.18. The van der Waals surface area contributed by atoms with Crippen LogP contribution in [0, 0.1) is 0 Å². The largest absolute Gasteiger partial charge is 0.381 e. The monoisotopic (exact) mass is 241 g/mol. The highest BCUT2D eigenvalue weighted by Gasteiger charge is 2.17. The first-order valence-electron chi connectivity index (χ1n) is 6.10. The highest BCUT2D eigenvalue weighted by Crippen LogP contribution is 2.06. The van der Waals surface area contributed by atoms with Crippen molar-refractivity contribution in [3.8, 4) is 0 Å². The van der Waals surface area contributed by atoms with E-state index in [1.807, 2.05) is 6.92 Å². The number of ether oxygens (including phenoxy) is 2. The summed E-state index contributed by atoms with van der Waals surface area (Å²) in [6.45, 7) is 5.82. The van der Waals surface area contributed by atoms with Crippen molar-refractivity contribution in [2.24, 2.45) is 0 Å². The zero-order valence-corrected chi connectivity index (χ0v) is 10.1. The van der Waals surface area contributed by atoms with Crippen molar-refractivity contribution in [2.75, 3.05) is 32.9 Å². The molecule has 0 amide bonds. The molecule has 96 valence electrons. The lowest BCUT2D eigenvalue weighted by molar-refractivity contribution is 0.0246. The van der Waals surface area contributed by atoms with Crippen LogP contribution in [0.1, 0.15) is 18.6 Å². The average molecular weight is 241 g/mol. The maximum atomic E-state index is 5.57. The zero-order valence-electron chi connectivity index (χ0n) is 10.1. The van der Waals surface area contributed by atoms with E-state index in [0.29, 0.717) is 37.8 Å². The van der Waals surface area contributed by atoms with Gasteiger partial charge in [-0.05, 0) is 6.92 Å². The lowest BCUT2D eigenvalue weighted by Gasteiger charge is -2.21. The van der Waals surface area contributed by atoms with Crippen molar-refractivity contribution in [2.45, 2.75) is 25.9 Å². The third kappa shape index (κ3) is 4.07. The summed E-state index contributed by atoms with van der Waals surface area (Å²) in [4.78, 5) is 4.31. The molecule has 1 aliphatic rings. The van der Waals surface area contributed by atoms with Gasteiger partial charge in [-0.15, -0.1) is 0 Å². The molecular formula is C11H19N3O3. The number of rotatable bonds is 6. The van der Waals surface area contributed by atoms with Gasteiger partial charge in [0, 0.05) is 26.1 Å². The van der Waals surface area contributed by atoms with Crippen LogP contribution >= 0.6 is 0 Å². The Balaban J connectivity index is 1.76. The molecule has 0 aliphatic carbocycles. The van der Waals surface area contributed by atoms with Crippen molar-refractivity contribution < 1.29 is 14.0 Å². The van der Waals surface area contributed by atoms with Crippen LogP contribution in [0.2, 0.25) is 0 Å². The number of morpholine rings is 1. The van der Waals surface area contributed by atoms with Gasteiger partial charge in [-0.1, -0.05) is 5.16 Å². The minimum Gasteiger partial charge on any atom is -0.381 e. The van der Waals surface area contributed by atoms with E-state index in [1.54, 1.807) is 0 Å². The fourth-order valence-corrected chi connectivity index (χ4v) is 1.73. The molecule has 1 fully saturated rings. The van der Waals surface area contributed by atoms with Crippen molar-refractivity contribution >= 4 is 0 Å². The van der Waals surface area contributed by atoms with Crippen LogP contribution in [0.5, 0.6) is 0 Å². The first-order chi connectivity index (χ1) is 8.38. The molecule has 0 radical (unpaired) electrons. The maximum Gasteiger partial charge on any atom is 0.229 e. The molecule has 6 heteroatoms. The first kappa shape index (κ1) is 12.5. The molecule has 1 saturated heterocycles. The third-order valence-electron chi connectivity index (χ3n) is 2.59. The van der Waals surface area contributed by atoms with Crippen molar-refractivity contribution in [1.82, 2.24) is 15.5 Å². The molecule has 0 bridgehead atoms. The molecule has 1 aromatic heterocycles. The maximum absolute atomic E-state index is 5.57. The van der Waals surface area contributed by atoms with Gasteiger partial charge in [-0.3, -0.25) is 0 Å². The summed E-state index contributed by atoms with van der Waals surface area (Å²) in [5.41, 5.74) is 0. The number of nitrogens with one attached hydrogen (secondary N) is 1. The molecule has 0 spiro atoms. The molecular weight excluding hydrogens is 222 g/mol. The van der Waals surface area contributed by atoms with Gasteiger partial charge < -0.3 is 19.3 Å². The van der Waals surface area contributed by atoms with Gasteiger partial charge in [-0.2, -0.15) is 4.98 Å². The first-order valence-corrected chi connectivity index (χ1v) is 6.10.